The van der Waals surface area contributed by atoms with Gasteiger partial charge in [0.15, 0.2) is 0 Å². The molecule has 2 rings (SSSR count). The molecule has 5 nitrogen and oxygen atoms in total. The Labute approximate surface area is 131 Å². The molecule has 0 saturated carbocycles. The zero-order valence-corrected chi connectivity index (χ0v) is 13.3. The van der Waals surface area contributed by atoms with Crippen LogP contribution in [0.15, 0.2) is 24.3 Å². The van der Waals surface area contributed by atoms with E-state index in [4.69, 9.17) is 5.73 Å². The standard InChI is InChI=1S/C17H25N3O2/c1-12-3-5-14(6-4-12)11-19-16(21)15-7-9-20(10-8-15)17(22)13(2)18/h3-6,13,15H,7-11,18H2,1-2H3,(H,19,21)/t13-/m0/s1. The Morgan fingerprint density at radius 1 is 1.27 bits per heavy atom. The van der Waals surface area contributed by atoms with Crippen LogP contribution in [0.4, 0.5) is 0 Å². The highest BCUT2D eigenvalue weighted by atomic mass is 16.2. The van der Waals surface area contributed by atoms with E-state index >= 15 is 0 Å². The Hall–Kier alpha value is -1.88. The summed E-state index contributed by atoms with van der Waals surface area (Å²) in [5.41, 5.74) is 7.92. The van der Waals surface area contributed by atoms with Crippen molar-refractivity contribution in [2.45, 2.75) is 39.3 Å². The van der Waals surface area contributed by atoms with Crippen LogP contribution in [0.1, 0.15) is 30.9 Å². The van der Waals surface area contributed by atoms with Crippen LogP contribution in [-0.4, -0.2) is 35.8 Å². The Morgan fingerprint density at radius 2 is 1.86 bits per heavy atom. The maximum absolute atomic E-state index is 12.2. The molecule has 5 heteroatoms. The number of amides is 2. The maximum atomic E-state index is 12.2. The van der Waals surface area contributed by atoms with Crippen LogP contribution < -0.4 is 11.1 Å². The number of likely N-dealkylation sites (tertiary alicyclic amines) is 1. The first-order chi connectivity index (χ1) is 10.5. The van der Waals surface area contributed by atoms with Crippen molar-refractivity contribution < 1.29 is 9.59 Å². The number of piperidine rings is 1. The summed E-state index contributed by atoms with van der Waals surface area (Å²) in [6.45, 7) is 5.52. The number of aryl methyl sites for hydroxylation is 1. The van der Waals surface area contributed by atoms with Crippen LogP contribution in [0.3, 0.4) is 0 Å². The lowest BCUT2D eigenvalue weighted by Gasteiger charge is -2.32. The van der Waals surface area contributed by atoms with Crippen LogP contribution in [0, 0.1) is 12.8 Å². The molecule has 1 saturated heterocycles. The van der Waals surface area contributed by atoms with Crippen molar-refractivity contribution in [3.8, 4) is 0 Å². The van der Waals surface area contributed by atoms with Gasteiger partial charge in [-0.1, -0.05) is 29.8 Å². The number of nitrogens with one attached hydrogen (secondary N) is 1. The Balaban J connectivity index is 1.77. The van der Waals surface area contributed by atoms with E-state index in [-0.39, 0.29) is 17.7 Å². The number of carbonyl (C=O) groups is 2. The molecule has 1 fully saturated rings. The van der Waals surface area contributed by atoms with Gasteiger partial charge in [-0.3, -0.25) is 9.59 Å². The summed E-state index contributed by atoms with van der Waals surface area (Å²) < 4.78 is 0. The number of rotatable bonds is 4. The number of hydrogen-bond donors (Lipinski definition) is 2. The monoisotopic (exact) mass is 303 g/mol. The second-order valence-corrected chi connectivity index (χ2v) is 6.09. The maximum Gasteiger partial charge on any atom is 0.239 e. The van der Waals surface area contributed by atoms with Gasteiger partial charge in [-0.2, -0.15) is 0 Å². The van der Waals surface area contributed by atoms with Gasteiger partial charge in [-0.25, -0.2) is 0 Å². The average molecular weight is 303 g/mol. The van der Waals surface area contributed by atoms with Crippen molar-refractivity contribution in [2.24, 2.45) is 11.7 Å². The van der Waals surface area contributed by atoms with Crippen molar-refractivity contribution in [1.29, 1.82) is 0 Å². The highest BCUT2D eigenvalue weighted by Gasteiger charge is 2.28. The minimum absolute atomic E-state index is 0.0115. The van der Waals surface area contributed by atoms with Crippen LogP contribution in [0.25, 0.3) is 0 Å². The SMILES string of the molecule is Cc1ccc(CNC(=O)C2CCN(C(=O)[C@H](C)N)CC2)cc1. The number of nitrogens with zero attached hydrogens (tertiary/aromatic N) is 1. The first kappa shape index (κ1) is 16.5. The quantitative estimate of drug-likeness (QED) is 0.877. The molecule has 0 spiro atoms. The van der Waals surface area contributed by atoms with Gasteiger partial charge in [-0.05, 0) is 32.3 Å². The van der Waals surface area contributed by atoms with E-state index in [1.165, 1.54) is 5.56 Å². The summed E-state index contributed by atoms with van der Waals surface area (Å²) in [6.07, 6.45) is 1.41. The van der Waals surface area contributed by atoms with E-state index in [1.54, 1.807) is 11.8 Å². The number of hydrogen-bond acceptors (Lipinski definition) is 3. The highest BCUT2D eigenvalue weighted by Crippen LogP contribution is 2.18. The third kappa shape index (κ3) is 4.31. The zero-order chi connectivity index (χ0) is 16.1. The average Bonchev–Trinajstić information content (AvgIpc) is 2.53. The topological polar surface area (TPSA) is 75.4 Å². The molecular weight excluding hydrogens is 278 g/mol. The lowest BCUT2D eigenvalue weighted by Crippen LogP contribution is -2.47. The summed E-state index contributed by atoms with van der Waals surface area (Å²) in [7, 11) is 0. The summed E-state index contributed by atoms with van der Waals surface area (Å²) in [4.78, 5) is 25.8. The summed E-state index contributed by atoms with van der Waals surface area (Å²) in [5.74, 6) is 0.0366. The van der Waals surface area contributed by atoms with E-state index in [2.05, 4.69) is 5.32 Å². The third-order valence-corrected chi connectivity index (χ3v) is 4.15. The van der Waals surface area contributed by atoms with Crippen LogP contribution in [0.2, 0.25) is 0 Å². The Morgan fingerprint density at radius 3 is 2.41 bits per heavy atom. The van der Waals surface area contributed by atoms with Crippen LogP contribution >= 0.6 is 0 Å². The van der Waals surface area contributed by atoms with Gasteiger partial charge in [0.05, 0.1) is 6.04 Å². The van der Waals surface area contributed by atoms with Crippen LogP contribution in [-0.2, 0) is 16.1 Å². The molecule has 1 heterocycles. The molecule has 2 amide bonds. The fraction of sp³-hybridized carbons (Fsp3) is 0.529. The molecule has 1 aliphatic heterocycles. The number of carbonyl (C=O) groups excluding carboxylic acids is 2. The fourth-order valence-electron chi connectivity index (χ4n) is 2.69. The predicted molar refractivity (Wildman–Crippen MR) is 86.0 cm³/mol. The molecule has 1 atom stereocenters. The fourth-order valence-corrected chi connectivity index (χ4v) is 2.69. The first-order valence-corrected chi connectivity index (χ1v) is 7.85. The Bertz CT molecular complexity index is 517. The zero-order valence-electron chi connectivity index (χ0n) is 13.3. The van der Waals surface area contributed by atoms with E-state index in [0.717, 1.165) is 5.56 Å². The van der Waals surface area contributed by atoms with Gasteiger partial charge in [-0.15, -0.1) is 0 Å². The minimum Gasteiger partial charge on any atom is -0.352 e. The predicted octanol–water partition coefficient (Wildman–Crippen LogP) is 1.20. The molecule has 1 aromatic carbocycles. The molecule has 22 heavy (non-hydrogen) atoms. The minimum atomic E-state index is -0.466. The molecule has 1 aromatic rings. The van der Waals surface area contributed by atoms with Crippen LogP contribution in [0.5, 0.6) is 0 Å². The molecule has 0 bridgehead atoms. The second kappa shape index (κ2) is 7.40. The number of benzene rings is 1. The lowest BCUT2D eigenvalue weighted by molar-refractivity contribution is -0.136. The van der Waals surface area contributed by atoms with Crippen molar-refractivity contribution in [2.75, 3.05) is 13.1 Å². The summed E-state index contributed by atoms with van der Waals surface area (Å²) in [5, 5.41) is 2.99. The van der Waals surface area contributed by atoms with Gasteiger partial charge >= 0.3 is 0 Å². The normalized spacial score (nSPS) is 17.1. The molecule has 120 valence electrons. The van der Waals surface area contributed by atoms with E-state index in [0.29, 0.717) is 32.5 Å². The Kier molecular flexibility index (Phi) is 5.55. The van der Waals surface area contributed by atoms with E-state index < -0.39 is 6.04 Å². The molecule has 0 radical (unpaired) electrons. The van der Waals surface area contributed by atoms with Gasteiger partial charge in [0.25, 0.3) is 0 Å². The van der Waals surface area contributed by atoms with Gasteiger partial charge in [0, 0.05) is 25.6 Å². The van der Waals surface area contributed by atoms with Crippen molar-refractivity contribution >= 4 is 11.8 Å². The van der Waals surface area contributed by atoms with Crippen molar-refractivity contribution in [3.05, 3.63) is 35.4 Å². The summed E-state index contributed by atoms with van der Waals surface area (Å²) >= 11 is 0. The second-order valence-electron chi connectivity index (χ2n) is 6.09. The van der Waals surface area contributed by atoms with Crippen molar-refractivity contribution in [3.63, 3.8) is 0 Å². The summed E-state index contributed by atoms with van der Waals surface area (Å²) in [6, 6.07) is 7.67. The van der Waals surface area contributed by atoms with Gasteiger partial charge < -0.3 is 16.0 Å². The van der Waals surface area contributed by atoms with E-state index in [9.17, 15) is 9.59 Å². The largest absolute Gasteiger partial charge is 0.352 e. The highest BCUT2D eigenvalue weighted by molar-refractivity contribution is 5.82. The molecule has 0 unspecified atom stereocenters. The van der Waals surface area contributed by atoms with E-state index in [1.807, 2.05) is 31.2 Å². The molecule has 0 aliphatic carbocycles. The molecule has 1 aliphatic rings. The first-order valence-electron chi connectivity index (χ1n) is 7.85. The molecule has 0 aromatic heterocycles. The molecule has 3 N–H and O–H groups in total. The smallest absolute Gasteiger partial charge is 0.239 e. The van der Waals surface area contributed by atoms with Crippen molar-refractivity contribution in [1.82, 2.24) is 10.2 Å². The van der Waals surface area contributed by atoms with Gasteiger partial charge in [0.1, 0.15) is 0 Å². The van der Waals surface area contributed by atoms with Gasteiger partial charge in [0.2, 0.25) is 11.8 Å². The molecular formula is C17H25N3O2. The third-order valence-electron chi connectivity index (χ3n) is 4.15. The number of nitrogens with two attached hydrogens (primary N) is 1. The lowest BCUT2D eigenvalue weighted by atomic mass is 9.95.